The summed E-state index contributed by atoms with van der Waals surface area (Å²) in [5.41, 5.74) is 0. The van der Waals surface area contributed by atoms with E-state index in [1.165, 1.54) is 0 Å². The Labute approximate surface area is 114 Å². The number of carbonyl (C=O) groups excluding carboxylic acids is 1. The quantitative estimate of drug-likeness (QED) is 0.869. The number of likely N-dealkylation sites (N-methyl/N-ethyl adjacent to an activating group) is 1. The summed E-state index contributed by atoms with van der Waals surface area (Å²) in [5.74, 6) is -0.206. The van der Waals surface area contributed by atoms with Crippen LogP contribution in [0.2, 0.25) is 4.47 Å². The molecule has 0 spiro atoms. The molecule has 6 nitrogen and oxygen atoms in total. The Morgan fingerprint density at radius 1 is 1.61 bits per heavy atom. The highest BCUT2D eigenvalue weighted by molar-refractivity contribution is 7.17. The van der Waals surface area contributed by atoms with Gasteiger partial charge in [-0.05, 0) is 32.1 Å². The smallest absolute Gasteiger partial charge is 0.285 e. The van der Waals surface area contributed by atoms with Crippen LogP contribution in [-0.4, -0.2) is 70.3 Å². The molecule has 2 unspecified atom stereocenters. The van der Waals surface area contributed by atoms with E-state index in [0.29, 0.717) is 13.0 Å². The summed E-state index contributed by atoms with van der Waals surface area (Å²) in [6.45, 7) is 1.06. The molecule has 1 aromatic rings. The van der Waals surface area contributed by atoms with Gasteiger partial charge in [0.05, 0.1) is 6.10 Å². The van der Waals surface area contributed by atoms with E-state index in [-0.39, 0.29) is 21.4 Å². The summed E-state index contributed by atoms with van der Waals surface area (Å²) in [6.07, 6.45) is 0.124. The summed E-state index contributed by atoms with van der Waals surface area (Å²) in [4.78, 5) is 15.9. The predicted molar refractivity (Wildman–Crippen MR) is 68.9 cm³/mol. The molecule has 0 saturated carbocycles. The van der Waals surface area contributed by atoms with Gasteiger partial charge in [0.25, 0.3) is 5.91 Å². The maximum absolute atomic E-state index is 12.2. The molecule has 1 fully saturated rings. The fourth-order valence-corrected chi connectivity index (χ4v) is 2.93. The van der Waals surface area contributed by atoms with Gasteiger partial charge in [-0.25, -0.2) is 0 Å². The lowest BCUT2D eigenvalue weighted by Crippen LogP contribution is -2.41. The Balaban J connectivity index is 2.12. The molecule has 1 amide bonds. The van der Waals surface area contributed by atoms with Crippen molar-refractivity contribution in [3.63, 3.8) is 0 Å². The van der Waals surface area contributed by atoms with Gasteiger partial charge in [0.2, 0.25) is 9.47 Å². The lowest BCUT2D eigenvalue weighted by molar-refractivity contribution is 0.0698. The molecule has 100 valence electrons. The van der Waals surface area contributed by atoms with Crippen LogP contribution in [0.1, 0.15) is 16.2 Å². The fraction of sp³-hybridized carbons (Fsp3) is 0.700. The molecule has 2 heterocycles. The van der Waals surface area contributed by atoms with Crippen LogP contribution in [0.5, 0.6) is 0 Å². The summed E-state index contributed by atoms with van der Waals surface area (Å²) in [7, 11) is 3.88. The minimum Gasteiger partial charge on any atom is -0.391 e. The zero-order valence-corrected chi connectivity index (χ0v) is 11.8. The molecule has 1 N–H and O–H groups in total. The van der Waals surface area contributed by atoms with Crippen LogP contribution in [-0.2, 0) is 0 Å². The molecular formula is C10H15ClN4O2S. The van der Waals surface area contributed by atoms with Crippen molar-refractivity contribution < 1.29 is 9.90 Å². The third-order valence-electron chi connectivity index (χ3n) is 2.81. The van der Waals surface area contributed by atoms with Crippen LogP contribution in [0.4, 0.5) is 0 Å². The Bertz CT molecular complexity index is 439. The predicted octanol–water partition coefficient (Wildman–Crippen LogP) is 0.329. The molecule has 0 bridgehead atoms. The van der Waals surface area contributed by atoms with E-state index in [1.807, 2.05) is 19.0 Å². The molecule has 18 heavy (non-hydrogen) atoms. The van der Waals surface area contributed by atoms with E-state index in [9.17, 15) is 9.90 Å². The number of aliphatic hydroxyl groups is 1. The fourth-order valence-electron chi connectivity index (χ4n) is 2.15. The second kappa shape index (κ2) is 5.48. The number of likely N-dealkylation sites (tertiary alicyclic amines) is 1. The van der Waals surface area contributed by atoms with Gasteiger partial charge in [-0.3, -0.25) is 4.79 Å². The van der Waals surface area contributed by atoms with E-state index in [4.69, 9.17) is 11.6 Å². The molecular weight excluding hydrogens is 276 g/mol. The number of aromatic nitrogens is 2. The third kappa shape index (κ3) is 2.97. The molecule has 1 aromatic heterocycles. The summed E-state index contributed by atoms with van der Waals surface area (Å²) < 4.78 is 0.252. The van der Waals surface area contributed by atoms with Crippen LogP contribution in [0.15, 0.2) is 0 Å². The van der Waals surface area contributed by atoms with Crippen LogP contribution in [0.3, 0.4) is 0 Å². The summed E-state index contributed by atoms with van der Waals surface area (Å²) in [5, 5.41) is 17.4. The maximum atomic E-state index is 12.2. The monoisotopic (exact) mass is 290 g/mol. The van der Waals surface area contributed by atoms with Crippen molar-refractivity contribution in [2.45, 2.75) is 18.6 Å². The van der Waals surface area contributed by atoms with Crippen molar-refractivity contribution in [1.82, 2.24) is 20.0 Å². The van der Waals surface area contributed by atoms with E-state index in [0.717, 1.165) is 17.9 Å². The number of β-amino-alcohol motifs (C(OH)–C–C–N with tert-alkyl or cyclic N) is 1. The number of halogens is 1. The van der Waals surface area contributed by atoms with Gasteiger partial charge in [-0.2, -0.15) is 0 Å². The molecule has 1 aliphatic heterocycles. The van der Waals surface area contributed by atoms with E-state index < -0.39 is 6.10 Å². The number of amides is 1. The Morgan fingerprint density at radius 3 is 2.89 bits per heavy atom. The van der Waals surface area contributed by atoms with Crippen molar-refractivity contribution >= 4 is 28.8 Å². The largest absolute Gasteiger partial charge is 0.391 e. The maximum Gasteiger partial charge on any atom is 0.285 e. The van der Waals surface area contributed by atoms with E-state index in [1.54, 1.807) is 4.90 Å². The van der Waals surface area contributed by atoms with E-state index in [2.05, 4.69) is 10.2 Å². The molecule has 8 heteroatoms. The number of rotatable bonds is 3. The number of hydrogen-bond acceptors (Lipinski definition) is 6. The number of nitrogens with zero attached hydrogens (tertiary/aromatic N) is 4. The van der Waals surface area contributed by atoms with Gasteiger partial charge in [-0.15, -0.1) is 10.2 Å². The third-order valence-corrected chi connectivity index (χ3v) is 3.82. The highest BCUT2D eigenvalue weighted by Gasteiger charge is 2.36. The highest BCUT2D eigenvalue weighted by Crippen LogP contribution is 2.23. The first-order valence-corrected chi connectivity index (χ1v) is 6.79. The molecule has 0 aliphatic carbocycles. The van der Waals surface area contributed by atoms with Gasteiger partial charge >= 0.3 is 0 Å². The van der Waals surface area contributed by atoms with Crippen molar-refractivity contribution in [2.75, 3.05) is 27.2 Å². The van der Waals surface area contributed by atoms with Gasteiger partial charge < -0.3 is 14.9 Å². The van der Waals surface area contributed by atoms with Gasteiger partial charge in [0, 0.05) is 19.1 Å². The zero-order valence-electron chi connectivity index (χ0n) is 10.2. The average Bonchev–Trinajstić information content (AvgIpc) is 2.83. The molecule has 0 radical (unpaired) electrons. The number of carbonyl (C=O) groups is 1. The Morgan fingerprint density at radius 2 is 2.33 bits per heavy atom. The van der Waals surface area contributed by atoms with Crippen molar-refractivity contribution in [3.8, 4) is 0 Å². The first kappa shape index (κ1) is 13.7. The number of aliphatic hydroxyl groups excluding tert-OH is 1. The standard InChI is InChI=1S/C10H15ClN4O2S/c1-14(2)4-6-3-7(16)5-15(6)9(17)8-12-13-10(11)18-8/h6-7,16H,3-5H2,1-2H3. The van der Waals surface area contributed by atoms with Crippen LogP contribution >= 0.6 is 22.9 Å². The van der Waals surface area contributed by atoms with Crippen LogP contribution < -0.4 is 0 Å². The first-order valence-electron chi connectivity index (χ1n) is 5.60. The Kier molecular flexibility index (Phi) is 4.16. The second-order valence-corrected chi connectivity index (χ2v) is 6.18. The van der Waals surface area contributed by atoms with Crippen molar-refractivity contribution in [1.29, 1.82) is 0 Å². The minimum absolute atomic E-state index is 0.00479. The molecule has 2 atom stereocenters. The molecule has 1 aliphatic rings. The SMILES string of the molecule is CN(C)CC1CC(O)CN1C(=O)c1nnc(Cl)s1. The topological polar surface area (TPSA) is 69.6 Å². The zero-order chi connectivity index (χ0) is 13.3. The first-order chi connectivity index (χ1) is 8.47. The van der Waals surface area contributed by atoms with Gasteiger partial charge in [-0.1, -0.05) is 11.3 Å². The second-order valence-electron chi connectivity index (χ2n) is 4.62. The van der Waals surface area contributed by atoms with Crippen LogP contribution in [0, 0.1) is 0 Å². The van der Waals surface area contributed by atoms with Gasteiger partial charge in [0.15, 0.2) is 0 Å². The average molecular weight is 291 g/mol. The molecule has 0 aromatic carbocycles. The number of hydrogen-bond donors (Lipinski definition) is 1. The normalized spacial score (nSPS) is 23.9. The summed E-state index contributed by atoms with van der Waals surface area (Å²) >= 11 is 6.74. The lowest BCUT2D eigenvalue weighted by Gasteiger charge is -2.25. The minimum atomic E-state index is -0.470. The van der Waals surface area contributed by atoms with Crippen LogP contribution in [0.25, 0.3) is 0 Å². The summed E-state index contributed by atoms with van der Waals surface area (Å²) in [6, 6.07) is 0.00479. The van der Waals surface area contributed by atoms with Crippen molar-refractivity contribution in [2.24, 2.45) is 0 Å². The van der Waals surface area contributed by atoms with Crippen molar-refractivity contribution in [3.05, 3.63) is 9.47 Å². The highest BCUT2D eigenvalue weighted by atomic mass is 35.5. The van der Waals surface area contributed by atoms with Gasteiger partial charge in [0.1, 0.15) is 0 Å². The molecule has 1 saturated heterocycles. The van der Waals surface area contributed by atoms with E-state index >= 15 is 0 Å². The Hall–Kier alpha value is -0.760. The lowest BCUT2D eigenvalue weighted by atomic mass is 10.2. The molecule has 2 rings (SSSR count).